The van der Waals surface area contributed by atoms with Gasteiger partial charge in [-0.1, -0.05) is 17.3 Å². The summed E-state index contributed by atoms with van der Waals surface area (Å²) in [4.78, 5) is 33.7. The molecule has 1 amide bonds. The van der Waals surface area contributed by atoms with E-state index in [1.807, 2.05) is 11.9 Å². The number of hydrogen-bond donors (Lipinski definition) is 0. The number of rotatable bonds is 6. The number of carbonyl (C=O) groups excluding carboxylic acids is 1. The largest absolute Gasteiger partial charge is 0.573 e. The van der Waals surface area contributed by atoms with Crippen LogP contribution in [0.5, 0.6) is 5.75 Å². The predicted octanol–water partition coefficient (Wildman–Crippen LogP) is 3.29. The van der Waals surface area contributed by atoms with E-state index < -0.39 is 6.36 Å². The van der Waals surface area contributed by atoms with Crippen molar-refractivity contribution in [3.05, 3.63) is 82.1 Å². The van der Waals surface area contributed by atoms with E-state index in [0.717, 1.165) is 25.2 Å². The summed E-state index contributed by atoms with van der Waals surface area (Å²) in [6, 6.07) is 14.8. The molecule has 2 aromatic carbocycles. The van der Waals surface area contributed by atoms with Gasteiger partial charge in [0, 0.05) is 43.4 Å². The van der Waals surface area contributed by atoms with Crippen LogP contribution >= 0.6 is 0 Å². The van der Waals surface area contributed by atoms with Gasteiger partial charge >= 0.3 is 6.36 Å². The molecule has 0 radical (unpaired) electrons. The summed E-state index contributed by atoms with van der Waals surface area (Å²) in [6.07, 6.45) is -4.79. The molecule has 0 bridgehead atoms. The molecule has 202 valence electrons. The molecule has 1 aliphatic heterocycles. The van der Waals surface area contributed by atoms with Crippen LogP contribution in [0.4, 0.5) is 13.2 Å². The molecule has 0 aliphatic carbocycles. The van der Waals surface area contributed by atoms with Gasteiger partial charge in [0.2, 0.25) is 5.82 Å². The van der Waals surface area contributed by atoms with Crippen LogP contribution in [0.2, 0.25) is 0 Å². The lowest BCUT2D eigenvalue weighted by Crippen LogP contribution is -2.47. The van der Waals surface area contributed by atoms with Crippen molar-refractivity contribution in [2.45, 2.75) is 12.9 Å². The van der Waals surface area contributed by atoms with Gasteiger partial charge in [-0.05, 0) is 55.1 Å². The Morgan fingerprint density at radius 3 is 2.49 bits per heavy atom. The maximum atomic E-state index is 13.0. The van der Waals surface area contributed by atoms with Gasteiger partial charge in [0.25, 0.3) is 17.4 Å². The Hall–Kier alpha value is -4.52. The maximum Gasteiger partial charge on any atom is 0.573 e. The average Bonchev–Trinajstić information content (AvgIpc) is 3.40. The van der Waals surface area contributed by atoms with Crippen LogP contribution in [0.1, 0.15) is 15.9 Å². The van der Waals surface area contributed by atoms with Gasteiger partial charge in [0.05, 0.1) is 6.54 Å². The van der Waals surface area contributed by atoms with E-state index in [9.17, 15) is 22.8 Å². The molecule has 3 heterocycles. The Morgan fingerprint density at radius 2 is 1.77 bits per heavy atom. The highest BCUT2D eigenvalue weighted by Gasteiger charge is 2.31. The van der Waals surface area contributed by atoms with E-state index in [2.05, 4.69) is 24.9 Å². The molecular weight excluding hydrogens is 517 g/mol. The minimum absolute atomic E-state index is 0.0216. The maximum absolute atomic E-state index is 13.0. The number of hydrogen-bond acceptors (Lipinski definition) is 8. The fourth-order valence-electron chi connectivity index (χ4n) is 4.09. The van der Waals surface area contributed by atoms with Gasteiger partial charge in [-0.3, -0.25) is 9.59 Å². The number of benzene rings is 2. The topological polar surface area (TPSA) is 107 Å². The normalized spacial score (nSPS) is 14.4. The van der Waals surface area contributed by atoms with Gasteiger partial charge in [0.15, 0.2) is 0 Å². The first-order chi connectivity index (χ1) is 18.6. The van der Waals surface area contributed by atoms with E-state index in [0.29, 0.717) is 29.8 Å². The van der Waals surface area contributed by atoms with Gasteiger partial charge in [-0.2, -0.15) is 10.1 Å². The molecule has 1 saturated heterocycles. The van der Waals surface area contributed by atoms with Gasteiger partial charge in [-0.25, -0.2) is 4.68 Å². The molecular formula is C26H23F3N6O4. The lowest BCUT2D eigenvalue weighted by Gasteiger charge is -2.32. The Morgan fingerprint density at radius 1 is 1.03 bits per heavy atom. The van der Waals surface area contributed by atoms with Crippen LogP contribution < -0.4 is 10.3 Å². The van der Waals surface area contributed by atoms with Crippen molar-refractivity contribution in [1.82, 2.24) is 29.7 Å². The zero-order chi connectivity index (χ0) is 27.6. The average molecular weight is 541 g/mol. The van der Waals surface area contributed by atoms with Crippen molar-refractivity contribution in [2.75, 3.05) is 33.2 Å². The van der Waals surface area contributed by atoms with Gasteiger partial charge in [-0.15, -0.1) is 13.2 Å². The Kier molecular flexibility index (Phi) is 7.15. The van der Waals surface area contributed by atoms with E-state index in [-0.39, 0.29) is 41.2 Å². The summed E-state index contributed by atoms with van der Waals surface area (Å²) in [6.45, 7) is 3.04. The Balaban J connectivity index is 1.32. The molecule has 1 aliphatic rings. The summed E-state index contributed by atoms with van der Waals surface area (Å²) >= 11 is 0. The molecule has 13 heteroatoms. The number of carbonyl (C=O) groups is 1. The lowest BCUT2D eigenvalue weighted by molar-refractivity contribution is -0.274. The van der Waals surface area contributed by atoms with E-state index in [4.69, 9.17) is 4.52 Å². The number of likely N-dealkylation sites (N-methyl/N-ethyl adjacent to an activating group) is 1. The van der Waals surface area contributed by atoms with Crippen molar-refractivity contribution in [2.24, 2.45) is 0 Å². The molecule has 0 unspecified atom stereocenters. The number of piperazine rings is 1. The summed E-state index contributed by atoms with van der Waals surface area (Å²) in [7, 11) is 2.02. The van der Waals surface area contributed by atoms with Crippen molar-refractivity contribution in [3.63, 3.8) is 0 Å². The van der Waals surface area contributed by atoms with Crippen molar-refractivity contribution < 1.29 is 27.2 Å². The lowest BCUT2D eigenvalue weighted by atomic mass is 10.1. The van der Waals surface area contributed by atoms with Crippen LogP contribution in [0.3, 0.4) is 0 Å². The number of ether oxygens (including phenoxy) is 1. The van der Waals surface area contributed by atoms with E-state index in [1.165, 1.54) is 28.9 Å². The highest BCUT2D eigenvalue weighted by Crippen LogP contribution is 2.26. The smallest absolute Gasteiger partial charge is 0.406 e. The van der Waals surface area contributed by atoms with Crippen LogP contribution in [0, 0.1) is 0 Å². The molecule has 2 aromatic heterocycles. The third-order valence-electron chi connectivity index (χ3n) is 6.15. The third-order valence-corrected chi connectivity index (χ3v) is 6.15. The molecule has 0 N–H and O–H groups in total. The summed E-state index contributed by atoms with van der Waals surface area (Å²) < 4.78 is 47.5. The summed E-state index contributed by atoms with van der Waals surface area (Å²) in [5, 5.41) is 8.20. The first-order valence-corrected chi connectivity index (χ1v) is 12.0. The fraction of sp³-hybridized carbons (Fsp3) is 0.269. The molecule has 0 atom stereocenters. The Labute approximate surface area is 220 Å². The molecule has 4 aromatic rings. The number of aromatic nitrogens is 4. The van der Waals surface area contributed by atoms with Crippen LogP contribution in [-0.2, 0) is 6.54 Å². The van der Waals surface area contributed by atoms with Crippen molar-refractivity contribution in [1.29, 1.82) is 0 Å². The minimum Gasteiger partial charge on any atom is -0.406 e. The fourth-order valence-corrected chi connectivity index (χ4v) is 4.09. The molecule has 1 fully saturated rings. The third kappa shape index (κ3) is 6.32. The SMILES string of the molecule is CN1CCN(C(=O)c2cccc(Cn3nc(-c4nc(-c5ccc(OC(F)(F)F)cc5)no4)ccc3=O)c2)CC1. The van der Waals surface area contributed by atoms with Gasteiger partial charge in [0.1, 0.15) is 11.4 Å². The molecule has 0 saturated carbocycles. The van der Waals surface area contributed by atoms with Crippen molar-refractivity contribution in [3.8, 4) is 28.7 Å². The highest BCUT2D eigenvalue weighted by atomic mass is 19.4. The van der Waals surface area contributed by atoms with Crippen molar-refractivity contribution >= 4 is 5.91 Å². The number of amides is 1. The molecule has 39 heavy (non-hydrogen) atoms. The van der Waals surface area contributed by atoms with Gasteiger partial charge < -0.3 is 19.1 Å². The second kappa shape index (κ2) is 10.7. The number of nitrogens with zero attached hydrogens (tertiary/aromatic N) is 6. The second-order valence-corrected chi connectivity index (χ2v) is 9.01. The molecule has 10 nitrogen and oxygen atoms in total. The minimum atomic E-state index is -4.79. The number of alkyl halides is 3. The monoisotopic (exact) mass is 540 g/mol. The summed E-state index contributed by atoms with van der Waals surface area (Å²) in [5.74, 6) is -0.292. The quantitative estimate of drug-likeness (QED) is 0.367. The predicted molar refractivity (Wildman–Crippen MR) is 133 cm³/mol. The van der Waals surface area contributed by atoms with Crippen LogP contribution in [0.25, 0.3) is 23.0 Å². The first-order valence-electron chi connectivity index (χ1n) is 12.0. The van der Waals surface area contributed by atoms with Crippen LogP contribution in [-0.4, -0.2) is 75.2 Å². The van der Waals surface area contributed by atoms with E-state index >= 15 is 0 Å². The van der Waals surface area contributed by atoms with E-state index in [1.54, 1.807) is 24.3 Å². The highest BCUT2D eigenvalue weighted by molar-refractivity contribution is 5.94. The zero-order valence-corrected chi connectivity index (χ0v) is 20.8. The molecule has 5 rings (SSSR count). The second-order valence-electron chi connectivity index (χ2n) is 9.01. The Bertz CT molecular complexity index is 1530. The van der Waals surface area contributed by atoms with Crippen LogP contribution in [0.15, 0.2) is 70.0 Å². The zero-order valence-electron chi connectivity index (χ0n) is 20.8. The number of halogens is 3. The molecule has 0 spiro atoms. The first kappa shape index (κ1) is 26.1. The summed E-state index contributed by atoms with van der Waals surface area (Å²) in [5.41, 5.74) is 1.52. The standard InChI is InChI=1S/C26H23F3N6O4/c1-33-11-13-34(14-12-33)25(37)19-4-2-3-17(15-19)16-35-22(36)10-9-21(31-35)24-30-23(32-39-24)18-5-7-20(8-6-18)38-26(27,28)29/h2-10,15H,11-14,16H2,1H3.